The standard InChI is InChI=1S/C5H5BF2N2.FH.K.H/c1-4-2-9-3-5(10-4)6(7)8;;;/h2-3H,1H3;1H;;. The fourth-order valence-corrected chi connectivity index (χ4v) is 0.588. The number of hydrogen-bond donors (Lipinski definition) is 0. The molecule has 0 aliphatic carbocycles. The number of rotatable bonds is 1. The Balaban J connectivity index is 0. The molecule has 0 aliphatic rings. The van der Waals surface area contributed by atoms with Gasteiger partial charge in [-0.15, -0.1) is 0 Å². The minimum atomic E-state index is -2.52. The SMILES string of the molecule is Cc1cncc(B(F)F)n1.F.[KH]. The zero-order valence-electron chi connectivity index (χ0n) is 5.79. The number of nitrogens with zero attached hydrogens (tertiary/aromatic N) is 2. The van der Waals surface area contributed by atoms with E-state index in [1.807, 2.05) is 0 Å². The molecule has 0 N–H and O–H groups in total. The van der Waals surface area contributed by atoms with Crippen molar-refractivity contribution in [2.75, 3.05) is 0 Å². The Morgan fingerprint density at radius 3 is 2.25 bits per heavy atom. The summed E-state index contributed by atoms with van der Waals surface area (Å²) in [4.78, 5) is 7.12. The van der Waals surface area contributed by atoms with Crippen LogP contribution in [0.2, 0.25) is 0 Å². The molecule has 1 aromatic heterocycles. The fourth-order valence-electron chi connectivity index (χ4n) is 0.588. The molecule has 2 nitrogen and oxygen atoms in total. The molecule has 0 unspecified atom stereocenters. The van der Waals surface area contributed by atoms with Crippen LogP contribution in [0.3, 0.4) is 0 Å². The van der Waals surface area contributed by atoms with Gasteiger partial charge in [-0.05, 0) is 6.92 Å². The van der Waals surface area contributed by atoms with E-state index >= 15 is 0 Å². The van der Waals surface area contributed by atoms with Gasteiger partial charge in [-0.25, -0.2) is 0 Å². The van der Waals surface area contributed by atoms with Crippen LogP contribution in [-0.2, 0) is 0 Å². The first-order valence-electron chi connectivity index (χ1n) is 2.77. The van der Waals surface area contributed by atoms with E-state index in [0.29, 0.717) is 5.69 Å². The Labute approximate surface area is 111 Å². The van der Waals surface area contributed by atoms with Gasteiger partial charge < -0.3 is 0 Å². The maximum absolute atomic E-state index is 11.8. The molecule has 12 heavy (non-hydrogen) atoms. The van der Waals surface area contributed by atoms with E-state index in [1.54, 1.807) is 6.92 Å². The molecule has 7 heteroatoms. The zero-order valence-corrected chi connectivity index (χ0v) is 5.79. The summed E-state index contributed by atoms with van der Waals surface area (Å²) >= 11 is 0. The summed E-state index contributed by atoms with van der Waals surface area (Å²) in [5.41, 5.74) is 0.248. The van der Waals surface area contributed by atoms with Gasteiger partial charge in [0.2, 0.25) is 0 Å². The average Bonchev–Trinajstić information content (AvgIpc) is 1.88. The number of hydrogen-bond acceptors (Lipinski definition) is 2. The second-order valence-electron chi connectivity index (χ2n) is 1.89. The molecule has 0 saturated heterocycles. The molecule has 0 aliphatic heterocycles. The first-order valence-corrected chi connectivity index (χ1v) is 2.77. The summed E-state index contributed by atoms with van der Waals surface area (Å²) in [5, 5.41) is 0. The van der Waals surface area contributed by atoms with Gasteiger partial charge in [0, 0.05) is 12.4 Å². The summed E-state index contributed by atoms with van der Waals surface area (Å²) in [5.74, 6) is 0. The van der Waals surface area contributed by atoms with Crippen LogP contribution in [0.25, 0.3) is 0 Å². The van der Waals surface area contributed by atoms with Gasteiger partial charge in [0.15, 0.2) is 0 Å². The van der Waals surface area contributed by atoms with Crippen molar-refractivity contribution in [3.8, 4) is 0 Å². The predicted octanol–water partition coefficient (Wildman–Crippen LogP) is -0.0768. The van der Waals surface area contributed by atoms with Crippen LogP contribution in [0, 0.1) is 6.92 Å². The van der Waals surface area contributed by atoms with Gasteiger partial charge in [-0.1, -0.05) is 0 Å². The molecule has 0 spiro atoms. The van der Waals surface area contributed by atoms with E-state index in [9.17, 15) is 8.63 Å². The van der Waals surface area contributed by atoms with Crippen LogP contribution in [0.4, 0.5) is 13.3 Å². The fraction of sp³-hybridized carbons (Fsp3) is 0.200. The summed E-state index contributed by atoms with van der Waals surface area (Å²) in [6.07, 6.45) is 2.50. The van der Waals surface area contributed by atoms with Crippen LogP contribution >= 0.6 is 0 Å². The molecule has 0 bridgehead atoms. The molecular formula is C5H7BF3KN2. The van der Waals surface area contributed by atoms with Crippen molar-refractivity contribution < 1.29 is 13.3 Å². The van der Waals surface area contributed by atoms with Gasteiger partial charge in [-0.2, -0.15) is 0 Å². The van der Waals surface area contributed by atoms with E-state index in [0.717, 1.165) is 6.20 Å². The van der Waals surface area contributed by atoms with Crippen molar-refractivity contribution in [2.24, 2.45) is 0 Å². The molecule has 1 heterocycles. The molecular weight excluding hydrogens is 195 g/mol. The van der Waals surface area contributed by atoms with Crippen molar-refractivity contribution in [1.82, 2.24) is 9.97 Å². The van der Waals surface area contributed by atoms with Crippen molar-refractivity contribution >= 4 is 64.2 Å². The minimum absolute atomic E-state index is 0. The van der Waals surface area contributed by atoms with E-state index in [1.165, 1.54) is 6.20 Å². The zero-order chi connectivity index (χ0) is 7.56. The van der Waals surface area contributed by atoms with Gasteiger partial charge in [0.1, 0.15) is 0 Å². The molecule has 1 rings (SSSR count). The summed E-state index contributed by atoms with van der Waals surface area (Å²) in [6.45, 7) is 1.62. The number of halogens is 3. The normalized spacial score (nSPS) is 7.92. The van der Waals surface area contributed by atoms with Gasteiger partial charge in [0.05, 0.1) is 11.3 Å². The van der Waals surface area contributed by atoms with Gasteiger partial charge in [-0.3, -0.25) is 23.3 Å². The van der Waals surface area contributed by atoms with E-state index < -0.39 is 7.27 Å². The van der Waals surface area contributed by atoms with Crippen molar-refractivity contribution in [3.63, 3.8) is 0 Å². The van der Waals surface area contributed by atoms with Gasteiger partial charge in [0.25, 0.3) is 0 Å². The van der Waals surface area contributed by atoms with E-state index in [2.05, 4.69) is 9.97 Å². The van der Waals surface area contributed by atoms with E-state index in [-0.39, 0.29) is 61.7 Å². The summed E-state index contributed by atoms with van der Waals surface area (Å²) < 4.78 is 23.7. The molecule has 0 fully saturated rings. The number of aryl methyl sites for hydroxylation is 1. The Hall–Kier alpha value is 0.571. The van der Waals surface area contributed by atoms with E-state index in [4.69, 9.17) is 0 Å². The first kappa shape index (κ1) is 15.1. The number of aromatic nitrogens is 2. The average molecular weight is 202 g/mol. The Kier molecular flexibility index (Phi) is 8.81. The molecule has 0 saturated carbocycles. The molecule has 0 aromatic carbocycles. The second kappa shape index (κ2) is 7.02. The quantitative estimate of drug-likeness (QED) is 0.595. The third-order valence-electron chi connectivity index (χ3n) is 0.997. The Bertz CT molecular complexity index is 236. The van der Waals surface area contributed by atoms with Crippen molar-refractivity contribution in [2.45, 2.75) is 6.92 Å². The second-order valence-corrected chi connectivity index (χ2v) is 1.89. The van der Waals surface area contributed by atoms with Crippen LogP contribution in [0.5, 0.6) is 0 Å². The third-order valence-corrected chi connectivity index (χ3v) is 0.997. The van der Waals surface area contributed by atoms with Crippen LogP contribution < -0.4 is 5.59 Å². The first-order chi connectivity index (χ1) is 4.70. The summed E-state index contributed by atoms with van der Waals surface area (Å²) in [7, 11) is -2.52. The Morgan fingerprint density at radius 1 is 1.33 bits per heavy atom. The van der Waals surface area contributed by atoms with Crippen LogP contribution in [-0.4, -0.2) is 68.6 Å². The summed E-state index contributed by atoms with van der Waals surface area (Å²) in [6, 6.07) is 0. The van der Waals surface area contributed by atoms with Crippen LogP contribution in [0.15, 0.2) is 12.4 Å². The topological polar surface area (TPSA) is 25.8 Å². The third kappa shape index (κ3) is 4.56. The molecule has 0 radical (unpaired) electrons. The van der Waals surface area contributed by atoms with Crippen LogP contribution in [0.1, 0.15) is 5.69 Å². The van der Waals surface area contributed by atoms with Gasteiger partial charge >= 0.3 is 58.7 Å². The molecule has 0 amide bonds. The Morgan fingerprint density at radius 2 is 1.92 bits per heavy atom. The predicted molar refractivity (Wildman–Crippen MR) is 44.0 cm³/mol. The maximum atomic E-state index is 11.8. The molecule has 62 valence electrons. The molecule has 1 aromatic rings. The van der Waals surface area contributed by atoms with Crippen molar-refractivity contribution in [1.29, 1.82) is 0 Å². The molecule has 0 atom stereocenters. The van der Waals surface area contributed by atoms with Crippen molar-refractivity contribution in [3.05, 3.63) is 18.1 Å². The monoisotopic (exact) mass is 202 g/mol.